The van der Waals surface area contributed by atoms with Crippen molar-refractivity contribution in [2.75, 3.05) is 9.80 Å². The maximum absolute atomic E-state index is 16.8. The second kappa shape index (κ2) is 18.5. The highest BCUT2D eigenvalue weighted by Crippen LogP contribution is 2.50. The Morgan fingerprint density at radius 3 is 0.878 bits per heavy atom. The van der Waals surface area contributed by atoms with E-state index in [0.717, 1.165) is 76.8 Å². The summed E-state index contributed by atoms with van der Waals surface area (Å²) in [6.45, 7) is 3.73. The van der Waals surface area contributed by atoms with Gasteiger partial charge in [0, 0.05) is 22.1 Å². The predicted molar refractivity (Wildman–Crippen MR) is 290 cm³/mol. The number of hydrogen-bond donors (Lipinski definition) is 0. The summed E-state index contributed by atoms with van der Waals surface area (Å²) in [6.07, 6.45) is 0. The smallest absolute Gasteiger partial charge is 0.147 e. The Morgan fingerprint density at radius 1 is 0.284 bits per heavy atom. The van der Waals surface area contributed by atoms with Crippen LogP contribution in [0, 0.1) is 48.8 Å². The molecule has 12 aromatic carbocycles. The maximum atomic E-state index is 16.8. The molecule has 74 heavy (non-hydrogen) atoms. The molecule has 0 N–H and O–H groups in total. The summed E-state index contributed by atoms with van der Waals surface area (Å²) in [5.74, 6) is -2.44. The lowest BCUT2D eigenvalue weighted by atomic mass is 9.91. The van der Waals surface area contributed by atoms with Crippen molar-refractivity contribution in [1.82, 2.24) is 0 Å². The Bertz CT molecular complexity index is 3660. The van der Waals surface area contributed by atoms with Crippen LogP contribution in [0.25, 0.3) is 76.8 Å². The first-order valence-electron chi connectivity index (χ1n) is 24.1. The van der Waals surface area contributed by atoms with Gasteiger partial charge in [-0.2, -0.15) is 0 Å². The molecule has 2 nitrogen and oxygen atoms in total. The molecule has 0 spiro atoms. The molecule has 0 atom stereocenters. The van der Waals surface area contributed by atoms with E-state index in [4.69, 9.17) is 0 Å². The summed E-state index contributed by atoms with van der Waals surface area (Å²) < 4.78 is 91.2. The van der Waals surface area contributed by atoms with Gasteiger partial charge in [0.25, 0.3) is 0 Å². The molecular weight excluding hydrogens is 935 g/mol. The van der Waals surface area contributed by atoms with Gasteiger partial charge in [-0.1, -0.05) is 109 Å². The van der Waals surface area contributed by atoms with E-state index in [2.05, 4.69) is 0 Å². The quantitative estimate of drug-likeness (QED) is 0.0995. The molecule has 0 aromatic heterocycles. The van der Waals surface area contributed by atoms with Crippen LogP contribution in [0.3, 0.4) is 0 Å². The molecule has 8 heteroatoms. The van der Waals surface area contributed by atoms with Gasteiger partial charge < -0.3 is 9.80 Å². The highest BCUT2D eigenvalue weighted by Gasteiger charge is 2.27. The second-order valence-electron chi connectivity index (χ2n) is 18.6. The van der Waals surface area contributed by atoms with E-state index in [1.54, 1.807) is 60.7 Å². The molecule has 0 fully saturated rings. The van der Waals surface area contributed by atoms with Crippen molar-refractivity contribution in [1.29, 1.82) is 0 Å². The minimum Gasteiger partial charge on any atom is -0.307 e. The van der Waals surface area contributed by atoms with Gasteiger partial charge in [0.1, 0.15) is 34.9 Å². The third-order valence-electron chi connectivity index (χ3n) is 14.0. The van der Waals surface area contributed by atoms with Crippen LogP contribution in [0.4, 0.5) is 60.5 Å². The van der Waals surface area contributed by atoms with Crippen LogP contribution in [0.15, 0.2) is 218 Å². The largest absolute Gasteiger partial charge is 0.307 e. The van der Waals surface area contributed by atoms with Gasteiger partial charge in [-0.3, -0.25) is 0 Å². The molecule has 0 heterocycles. The summed E-state index contributed by atoms with van der Waals surface area (Å²) in [5.41, 5.74) is 10.4. The average molecular weight is 977 g/mol. The summed E-state index contributed by atoms with van der Waals surface area (Å²) in [6, 6.07) is 62.7. The fourth-order valence-corrected chi connectivity index (χ4v) is 10.5. The van der Waals surface area contributed by atoms with Crippen LogP contribution in [0.5, 0.6) is 0 Å². The minimum atomic E-state index is -0.452. The lowest BCUT2D eigenvalue weighted by Gasteiger charge is -2.31. The van der Waals surface area contributed by atoms with Gasteiger partial charge >= 0.3 is 0 Å². The van der Waals surface area contributed by atoms with Crippen LogP contribution >= 0.6 is 0 Å². The SMILES string of the molecule is Cc1cccc(F)c1N(c1cc(-c2ccc(F)cc2)cc(-c2ccc(F)cc2)c1)c1ccc2ccc3c(N(c4cc(-c5ccc(F)cc5)cc(-c5ccc(F)cc5)c4)c4c(C)cccc4F)ccc4ccc1c2c43. The Hall–Kier alpha value is -9.14. The first kappa shape index (κ1) is 46.0. The van der Waals surface area contributed by atoms with E-state index in [-0.39, 0.29) is 23.3 Å². The third-order valence-corrected chi connectivity index (χ3v) is 14.0. The molecule has 358 valence electrons. The van der Waals surface area contributed by atoms with Crippen LogP contribution < -0.4 is 9.80 Å². The van der Waals surface area contributed by atoms with Crippen molar-refractivity contribution in [2.24, 2.45) is 0 Å². The molecule has 0 unspecified atom stereocenters. The van der Waals surface area contributed by atoms with Crippen molar-refractivity contribution in [2.45, 2.75) is 13.8 Å². The third kappa shape index (κ3) is 8.24. The van der Waals surface area contributed by atoms with Crippen molar-refractivity contribution in [3.8, 4) is 44.5 Å². The molecule has 0 aliphatic heterocycles. The second-order valence-corrected chi connectivity index (χ2v) is 18.6. The summed E-state index contributed by atoms with van der Waals surface area (Å²) in [7, 11) is 0. The first-order chi connectivity index (χ1) is 35.9. The molecule has 12 aromatic rings. The molecule has 0 amide bonds. The van der Waals surface area contributed by atoms with Crippen LogP contribution in [-0.4, -0.2) is 0 Å². The molecular formula is C66H42F6N2. The van der Waals surface area contributed by atoms with E-state index in [9.17, 15) is 17.6 Å². The van der Waals surface area contributed by atoms with E-state index in [0.29, 0.717) is 45.3 Å². The number of nitrogens with zero attached hydrogens (tertiary/aromatic N) is 2. The number of anilines is 6. The zero-order valence-electron chi connectivity index (χ0n) is 39.9. The van der Waals surface area contributed by atoms with Gasteiger partial charge in [-0.25, -0.2) is 26.3 Å². The normalized spacial score (nSPS) is 11.5. The Labute approximate surface area is 423 Å². The number of halogens is 6. The van der Waals surface area contributed by atoms with Gasteiger partial charge in [0.05, 0.1) is 22.7 Å². The van der Waals surface area contributed by atoms with E-state index in [1.165, 1.54) is 60.7 Å². The molecule has 0 saturated heterocycles. The number of para-hydroxylation sites is 2. The average Bonchev–Trinajstić information content (AvgIpc) is 3.41. The van der Waals surface area contributed by atoms with Gasteiger partial charge in [-0.15, -0.1) is 0 Å². The highest BCUT2D eigenvalue weighted by molar-refractivity contribution is 6.28. The molecule has 0 aliphatic rings. The number of rotatable bonds is 10. The molecule has 0 aliphatic carbocycles. The Balaban J connectivity index is 1.12. The highest BCUT2D eigenvalue weighted by atomic mass is 19.1. The zero-order valence-corrected chi connectivity index (χ0v) is 39.9. The maximum Gasteiger partial charge on any atom is 0.147 e. The zero-order chi connectivity index (χ0) is 50.8. The number of hydrogen-bond acceptors (Lipinski definition) is 2. The molecule has 12 rings (SSSR count). The van der Waals surface area contributed by atoms with E-state index in [1.807, 2.05) is 121 Å². The standard InChI is InChI=1S/C66H42F6N2/c1-39-5-3-7-59(71)65(39)73(55-35-47(41-9-21-51(67)22-10-41)33-48(36-55)42-11-23-52(68)24-12-42)61-31-19-45-18-30-58-62(32-20-46-17-29-57(61)63(45)64(46)58)74(66-40(2)6-4-8-60(66)72)56-37-49(43-13-25-53(69)26-14-43)34-50(38-56)44-15-27-54(70)28-16-44/h3-38H,1-2H3. The summed E-state index contributed by atoms with van der Waals surface area (Å²) in [4.78, 5) is 3.84. The fraction of sp³-hybridized carbons (Fsp3) is 0.0303. The van der Waals surface area contributed by atoms with Gasteiger partial charge in [-0.05, 0) is 200 Å². The van der Waals surface area contributed by atoms with Crippen LogP contribution in [0.1, 0.15) is 11.1 Å². The Morgan fingerprint density at radius 2 is 0.581 bits per heavy atom. The lowest BCUT2D eigenvalue weighted by molar-refractivity contribution is 0.627. The van der Waals surface area contributed by atoms with Crippen molar-refractivity contribution in [3.63, 3.8) is 0 Å². The molecule has 0 saturated carbocycles. The van der Waals surface area contributed by atoms with Crippen LogP contribution in [0.2, 0.25) is 0 Å². The van der Waals surface area contributed by atoms with Crippen molar-refractivity contribution < 1.29 is 26.3 Å². The van der Waals surface area contributed by atoms with Gasteiger partial charge in [0.2, 0.25) is 0 Å². The van der Waals surface area contributed by atoms with Gasteiger partial charge in [0.15, 0.2) is 0 Å². The van der Waals surface area contributed by atoms with E-state index < -0.39 is 11.6 Å². The number of benzene rings is 12. The van der Waals surface area contributed by atoms with Crippen molar-refractivity contribution in [3.05, 3.63) is 264 Å². The van der Waals surface area contributed by atoms with Crippen LogP contribution in [-0.2, 0) is 0 Å². The topological polar surface area (TPSA) is 6.48 Å². The molecule has 0 radical (unpaired) electrons. The molecule has 0 bridgehead atoms. The summed E-state index contributed by atoms with van der Waals surface area (Å²) in [5, 5.41) is 5.24. The Kier molecular flexibility index (Phi) is 11.5. The predicted octanol–water partition coefficient (Wildman–Crippen LogP) is 19.6. The number of aryl methyl sites for hydroxylation is 2. The lowest BCUT2D eigenvalue weighted by Crippen LogP contribution is -2.15. The van der Waals surface area contributed by atoms with Crippen molar-refractivity contribution >= 4 is 66.4 Å². The first-order valence-corrected chi connectivity index (χ1v) is 24.1. The van der Waals surface area contributed by atoms with E-state index >= 15 is 8.78 Å². The minimum absolute atomic E-state index is 0.323. The fourth-order valence-electron chi connectivity index (χ4n) is 10.5. The summed E-state index contributed by atoms with van der Waals surface area (Å²) >= 11 is 0. The monoisotopic (exact) mass is 976 g/mol.